The van der Waals surface area contributed by atoms with Crippen LogP contribution in [-0.2, 0) is 16.1 Å². The van der Waals surface area contributed by atoms with Gasteiger partial charge in [0.15, 0.2) is 11.4 Å². The number of carbonyl (C=O) groups is 2. The first-order valence-electron chi connectivity index (χ1n) is 6.81. The van der Waals surface area contributed by atoms with Crippen molar-refractivity contribution >= 4 is 11.8 Å². The first-order valence-corrected chi connectivity index (χ1v) is 6.81. The number of ether oxygens (including phenoxy) is 2. The summed E-state index contributed by atoms with van der Waals surface area (Å²) in [5, 5.41) is 19.1. The second-order valence-electron chi connectivity index (χ2n) is 5.68. The van der Waals surface area contributed by atoms with Crippen molar-refractivity contribution in [2.45, 2.75) is 44.5 Å². The molecule has 0 aliphatic carbocycles. The molecule has 1 aromatic rings. The Labute approximate surface area is 121 Å². The van der Waals surface area contributed by atoms with Crippen LogP contribution in [-0.4, -0.2) is 33.7 Å². The summed E-state index contributed by atoms with van der Waals surface area (Å²) in [6.45, 7) is 1.45. The molecule has 6 heteroatoms. The number of esters is 1. The summed E-state index contributed by atoms with van der Waals surface area (Å²) in [5.41, 5.74) is -0.378. The van der Waals surface area contributed by atoms with Gasteiger partial charge in [-0.3, -0.25) is 9.59 Å². The minimum Gasteiger partial charge on any atom is -0.507 e. The Balaban J connectivity index is 1.99. The maximum Gasteiger partial charge on any atom is 0.306 e. The van der Waals surface area contributed by atoms with Crippen LogP contribution in [0, 0.1) is 0 Å². The zero-order chi connectivity index (χ0) is 15.2. The lowest BCUT2D eigenvalue weighted by Crippen LogP contribution is -2.49. The molecule has 112 valence electrons. The summed E-state index contributed by atoms with van der Waals surface area (Å²) in [6.07, 6.45) is 0.363. The Hall–Kier alpha value is -2.08. The SMILES string of the molecule is C[C@@]1([C@H]2CCC(=O)O2)CC(=O)c2c(O)cc(CO)cc2O1. The monoisotopic (exact) mass is 292 g/mol. The second kappa shape index (κ2) is 4.73. The molecule has 2 aliphatic heterocycles. The number of aliphatic hydroxyl groups is 1. The number of phenols is 1. The molecule has 0 radical (unpaired) electrons. The molecule has 0 unspecified atom stereocenters. The molecule has 21 heavy (non-hydrogen) atoms. The van der Waals surface area contributed by atoms with Crippen molar-refractivity contribution < 1.29 is 29.3 Å². The Morgan fingerprint density at radius 1 is 1.38 bits per heavy atom. The summed E-state index contributed by atoms with van der Waals surface area (Å²) in [5.74, 6) is -0.536. The van der Waals surface area contributed by atoms with Crippen LogP contribution in [0.25, 0.3) is 0 Å². The molecule has 1 aromatic carbocycles. The number of ketones is 1. The second-order valence-corrected chi connectivity index (χ2v) is 5.68. The van der Waals surface area contributed by atoms with Crippen LogP contribution in [0.2, 0.25) is 0 Å². The molecule has 0 bridgehead atoms. The van der Waals surface area contributed by atoms with Gasteiger partial charge in [-0.2, -0.15) is 0 Å². The van der Waals surface area contributed by atoms with Crippen LogP contribution >= 0.6 is 0 Å². The number of phenolic OH excluding ortho intramolecular Hbond substituents is 1. The fourth-order valence-electron chi connectivity index (χ4n) is 2.94. The molecule has 6 nitrogen and oxygen atoms in total. The topological polar surface area (TPSA) is 93.1 Å². The molecular weight excluding hydrogens is 276 g/mol. The smallest absolute Gasteiger partial charge is 0.306 e. The Kier molecular flexibility index (Phi) is 3.13. The molecule has 0 spiro atoms. The van der Waals surface area contributed by atoms with Crippen molar-refractivity contribution in [2.75, 3.05) is 0 Å². The zero-order valence-corrected chi connectivity index (χ0v) is 11.6. The van der Waals surface area contributed by atoms with Gasteiger partial charge in [0, 0.05) is 6.42 Å². The quantitative estimate of drug-likeness (QED) is 0.798. The number of cyclic esters (lactones) is 1. The van der Waals surface area contributed by atoms with Crippen LogP contribution in [0.1, 0.15) is 42.1 Å². The van der Waals surface area contributed by atoms with Crippen molar-refractivity contribution in [1.29, 1.82) is 0 Å². The predicted molar refractivity (Wildman–Crippen MR) is 71.1 cm³/mol. The number of Topliss-reactive ketones (excluding diaryl/α,β-unsaturated/α-hetero) is 1. The van der Waals surface area contributed by atoms with E-state index in [9.17, 15) is 19.8 Å². The van der Waals surface area contributed by atoms with Crippen molar-refractivity contribution in [3.05, 3.63) is 23.3 Å². The van der Waals surface area contributed by atoms with E-state index >= 15 is 0 Å². The van der Waals surface area contributed by atoms with Gasteiger partial charge >= 0.3 is 5.97 Å². The largest absolute Gasteiger partial charge is 0.507 e. The first-order chi connectivity index (χ1) is 9.93. The fourth-order valence-corrected chi connectivity index (χ4v) is 2.94. The summed E-state index contributed by atoms with van der Waals surface area (Å²) in [7, 11) is 0. The minimum absolute atomic E-state index is 0.0317. The normalized spacial score (nSPS) is 28.0. The molecular formula is C15H16O6. The lowest BCUT2D eigenvalue weighted by molar-refractivity contribution is -0.149. The van der Waals surface area contributed by atoms with E-state index in [0.717, 1.165) is 0 Å². The number of aliphatic hydroxyl groups excluding tert-OH is 1. The number of benzene rings is 1. The molecule has 2 atom stereocenters. The van der Waals surface area contributed by atoms with Gasteiger partial charge in [-0.1, -0.05) is 0 Å². The number of rotatable bonds is 2. The highest BCUT2D eigenvalue weighted by Gasteiger charge is 2.48. The van der Waals surface area contributed by atoms with Gasteiger partial charge in [0.2, 0.25) is 0 Å². The van der Waals surface area contributed by atoms with Gasteiger partial charge in [0.25, 0.3) is 0 Å². The van der Waals surface area contributed by atoms with Crippen molar-refractivity contribution in [1.82, 2.24) is 0 Å². The molecule has 2 aliphatic rings. The fraction of sp³-hybridized carbons (Fsp3) is 0.467. The molecule has 0 aromatic heterocycles. The summed E-state index contributed by atoms with van der Waals surface area (Å²) in [4.78, 5) is 23.6. The molecule has 2 N–H and O–H groups in total. The van der Waals surface area contributed by atoms with Gasteiger partial charge in [-0.05, 0) is 31.0 Å². The zero-order valence-electron chi connectivity index (χ0n) is 11.6. The molecule has 0 amide bonds. The van der Waals surface area contributed by atoms with E-state index in [-0.39, 0.29) is 41.8 Å². The van der Waals surface area contributed by atoms with Gasteiger partial charge in [-0.25, -0.2) is 0 Å². The van der Waals surface area contributed by atoms with E-state index in [1.54, 1.807) is 6.92 Å². The van der Waals surface area contributed by atoms with Crippen LogP contribution < -0.4 is 4.74 Å². The van der Waals surface area contributed by atoms with Crippen LogP contribution in [0.15, 0.2) is 12.1 Å². The van der Waals surface area contributed by atoms with Crippen LogP contribution in [0.4, 0.5) is 0 Å². The lowest BCUT2D eigenvalue weighted by Gasteiger charge is -2.38. The number of aromatic hydroxyl groups is 1. The Bertz CT molecular complexity index is 623. The number of carbonyl (C=O) groups excluding carboxylic acids is 2. The van der Waals surface area contributed by atoms with E-state index < -0.39 is 11.7 Å². The average Bonchev–Trinajstić information content (AvgIpc) is 2.84. The van der Waals surface area contributed by atoms with Gasteiger partial charge < -0.3 is 19.7 Å². The van der Waals surface area contributed by atoms with E-state index in [2.05, 4.69) is 0 Å². The van der Waals surface area contributed by atoms with E-state index in [1.807, 2.05) is 0 Å². The maximum absolute atomic E-state index is 12.3. The Morgan fingerprint density at radius 2 is 2.14 bits per heavy atom. The average molecular weight is 292 g/mol. The van der Waals surface area contributed by atoms with Gasteiger partial charge in [-0.15, -0.1) is 0 Å². The number of fused-ring (bicyclic) bond motifs is 1. The maximum atomic E-state index is 12.3. The molecule has 0 saturated carbocycles. The highest BCUT2D eigenvalue weighted by Crippen LogP contribution is 2.42. The van der Waals surface area contributed by atoms with Crippen molar-refractivity contribution in [3.8, 4) is 11.5 Å². The third kappa shape index (κ3) is 2.25. The van der Waals surface area contributed by atoms with Crippen molar-refractivity contribution in [3.63, 3.8) is 0 Å². The first kappa shape index (κ1) is 13.9. The Morgan fingerprint density at radius 3 is 2.76 bits per heavy atom. The van der Waals surface area contributed by atoms with Gasteiger partial charge in [0.05, 0.1) is 13.0 Å². The summed E-state index contributed by atoms with van der Waals surface area (Å²) in [6, 6.07) is 2.87. The standard InChI is InChI=1S/C15H16O6/c1-15(12-2-3-13(19)20-12)6-10(18)14-9(17)4-8(7-16)5-11(14)21-15/h4-5,12,16-17H,2-3,6-7H2,1H3/t12-,15+/m1/s1. The number of hydrogen-bond acceptors (Lipinski definition) is 6. The van der Waals surface area contributed by atoms with E-state index in [0.29, 0.717) is 18.4 Å². The summed E-state index contributed by atoms with van der Waals surface area (Å²) >= 11 is 0. The van der Waals surface area contributed by atoms with Gasteiger partial charge in [0.1, 0.15) is 23.2 Å². The van der Waals surface area contributed by atoms with E-state index in [4.69, 9.17) is 9.47 Å². The molecule has 3 rings (SSSR count). The predicted octanol–water partition coefficient (Wildman–Crippen LogP) is 1.31. The van der Waals surface area contributed by atoms with Crippen LogP contribution in [0.5, 0.6) is 11.5 Å². The lowest BCUT2D eigenvalue weighted by atomic mass is 9.85. The third-order valence-electron chi connectivity index (χ3n) is 4.02. The van der Waals surface area contributed by atoms with Crippen LogP contribution in [0.3, 0.4) is 0 Å². The van der Waals surface area contributed by atoms with E-state index in [1.165, 1.54) is 12.1 Å². The highest BCUT2D eigenvalue weighted by molar-refractivity contribution is 6.03. The summed E-state index contributed by atoms with van der Waals surface area (Å²) < 4.78 is 11.1. The number of hydrogen-bond donors (Lipinski definition) is 2. The van der Waals surface area contributed by atoms with Crippen molar-refractivity contribution in [2.24, 2.45) is 0 Å². The minimum atomic E-state index is -0.948. The third-order valence-corrected chi connectivity index (χ3v) is 4.02. The molecule has 1 saturated heterocycles. The highest BCUT2D eigenvalue weighted by atomic mass is 16.6. The molecule has 1 fully saturated rings. The molecule has 2 heterocycles.